The number of ketones is 1. The maximum absolute atomic E-state index is 13.5. The second kappa shape index (κ2) is 24.1. The standard InChI is InChI=1S/C39H52N2O17/c1-9-27(42)15-38(22-54-30(45)10-2,23-55-31(46)11-3)20-52-18-28(43)16-40-35(50)37(7,8)41(36(40)51)17-29(44)19-53-21-39(24-56-32(47)12-4,25-57-33(48)13-5)26-58-34(49)14-6/h9-14,28-29,43-44H,1-6,15-26H2,7-8H3. The van der Waals surface area contributed by atoms with Crippen LogP contribution in [0.3, 0.4) is 0 Å². The van der Waals surface area contributed by atoms with Gasteiger partial charge in [-0.2, -0.15) is 0 Å². The highest BCUT2D eigenvalue weighted by Crippen LogP contribution is 2.29. The first-order valence-electron chi connectivity index (χ1n) is 17.5. The van der Waals surface area contributed by atoms with Gasteiger partial charge in [-0.3, -0.25) is 14.5 Å². The molecule has 0 saturated carbocycles. The molecule has 0 aromatic heterocycles. The molecule has 1 fully saturated rings. The summed E-state index contributed by atoms with van der Waals surface area (Å²) in [4.78, 5) is 100. The molecule has 2 unspecified atom stereocenters. The quantitative estimate of drug-likeness (QED) is 0.0435. The molecule has 3 amide bonds. The number of nitrogens with zero attached hydrogens (tertiary/aromatic N) is 2. The fourth-order valence-corrected chi connectivity index (χ4v) is 5.12. The van der Waals surface area contributed by atoms with E-state index in [1.165, 1.54) is 13.8 Å². The first-order chi connectivity index (χ1) is 27.3. The molecule has 0 aliphatic carbocycles. The number of urea groups is 1. The number of rotatable bonds is 30. The molecule has 1 heterocycles. The predicted octanol–water partition coefficient (Wildman–Crippen LogP) is 0.548. The average Bonchev–Trinajstić information content (AvgIpc) is 3.36. The largest absolute Gasteiger partial charge is 0.462 e. The van der Waals surface area contributed by atoms with E-state index in [1.807, 2.05) is 0 Å². The zero-order chi connectivity index (χ0) is 44.1. The normalized spacial score (nSPS) is 14.6. The Morgan fingerprint density at radius 3 is 1.29 bits per heavy atom. The van der Waals surface area contributed by atoms with Gasteiger partial charge in [0.2, 0.25) is 0 Å². The summed E-state index contributed by atoms with van der Waals surface area (Å²) in [6, 6.07) is -0.870. The van der Waals surface area contributed by atoms with Crippen LogP contribution >= 0.6 is 0 Å². The Morgan fingerprint density at radius 1 is 0.586 bits per heavy atom. The van der Waals surface area contributed by atoms with Crippen LogP contribution in [0.5, 0.6) is 0 Å². The molecule has 2 atom stereocenters. The summed E-state index contributed by atoms with van der Waals surface area (Å²) in [7, 11) is 0. The van der Waals surface area contributed by atoms with Crippen LogP contribution in [-0.2, 0) is 66.7 Å². The molecule has 0 aromatic carbocycles. The number of carbonyl (C=O) groups excluding carboxylic acids is 8. The monoisotopic (exact) mass is 820 g/mol. The van der Waals surface area contributed by atoms with Gasteiger partial charge in [-0.05, 0) is 19.9 Å². The molecule has 19 nitrogen and oxygen atoms in total. The van der Waals surface area contributed by atoms with Gasteiger partial charge in [-0.1, -0.05) is 39.5 Å². The second-order valence-electron chi connectivity index (χ2n) is 13.6. The van der Waals surface area contributed by atoms with Crippen molar-refractivity contribution in [3.05, 3.63) is 75.9 Å². The van der Waals surface area contributed by atoms with Crippen molar-refractivity contribution < 1.29 is 81.7 Å². The highest BCUT2D eigenvalue weighted by atomic mass is 16.6. The maximum atomic E-state index is 13.5. The lowest BCUT2D eigenvalue weighted by atomic mass is 9.85. The van der Waals surface area contributed by atoms with E-state index >= 15 is 0 Å². The van der Waals surface area contributed by atoms with Crippen LogP contribution in [0.4, 0.5) is 4.79 Å². The molecule has 0 radical (unpaired) electrons. The Kier molecular flexibility index (Phi) is 20.9. The van der Waals surface area contributed by atoms with Gasteiger partial charge < -0.3 is 48.3 Å². The minimum Gasteiger partial charge on any atom is -0.462 e. The first-order valence-corrected chi connectivity index (χ1v) is 17.5. The van der Waals surface area contributed by atoms with Gasteiger partial charge >= 0.3 is 35.9 Å². The van der Waals surface area contributed by atoms with Crippen molar-refractivity contribution in [2.75, 3.05) is 72.6 Å². The van der Waals surface area contributed by atoms with Crippen LogP contribution in [0.2, 0.25) is 0 Å². The molecule has 1 aliphatic rings. The number of hydrogen-bond donors (Lipinski definition) is 2. The smallest absolute Gasteiger partial charge is 0.330 e. The third-order valence-electron chi connectivity index (χ3n) is 8.34. The summed E-state index contributed by atoms with van der Waals surface area (Å²) in [5, 5.41) is 21.8. The number of imide groups is 1. The van der Waals surface area contributed by atoms with E-state index in [-0.39, 0.29) is 6.42 Å². The van der Waals surface area contributed by atoms with Gasteiger partial charge in [0, 0.05) is 36.8 Å². The fraction of sp³-hybridized carbons (Fsp3) is 0.487. The van der Waals surface area contributed by atoms with E-state index in [0.717, 1.165) is 46.3 Å². The summed E-state index contributed by atoms with van der Waals surface area (Å²) in [6.07, 6.45) is 2.16. The van der Waals surface area contributed by atoms with Crippen molar-refractivity contribution in [2.45, 2.75) is 38.0 Å². The van der Waals surface area contributed by atoms with Crippen molar-refractivity contribution in [2.24, 2.45) is 10.8 Å². The third-order valence-corrected chi connectivity index (χ3v) is 8.34. The van der Waals surface area contributed by atoms with Crippen LogP contribution in [0.15, 0.2) is 75.9 Å². The van der Waals surface area contributed by atoms with Gasteiger partial charge in [-0.25, -0.2) is 28.8 Å². The molecule has 1 rings (SSSR count). The number of ether oxygens (including phenoxy) is 7. The van der Waals surface area contributed by atoms with Crippen molar-refractivity contribution in [1.82, 2.24) is 9.80 Å². The summed E-state index contributed by atoms with van der Waals surface area (Å²) < 4.78 is 37.0. The van der Waals surface area contributed by atoms with Crippen molar-refractivity contribution in [3.63, 3.8) is 0 Å². The number of aliphatic hydroxyl groups is 2. The third kappa shape index (κ3) is 16.0. The van der Waals surface area contributed by atoms with E-state index in [4.69, 9.17) is 33.2 Å². The van der Waals surface area contributed by atoms with E-state index < -0.39 is 149 Å². The van der Waals surface area contributed by atoms with E-state index in [0.29, 0.717) is 0 Å². The van der Waals surface area contributed by atoms with Crippen LogP contribution in [-0.4, -0.2) is 158 Å². The van der Waals surface area contributed by atoms with E-state index in [1.54, 1.807) is 0 Å². The molecule has 1 saturated heterocycles. The lowest BCUT2D eigenvalue weighted by Crippen LogP contribution is -2.49. The molecule has 320 valence electrons. The molecule has 2 N–H and O–H groups in total. The SMILES string of the molecule is C=CC(=O)CC(COCC(O)CN1C(=O)N(CC(O)COCC(COC(=O)C=C)(COC(=O)C=C)COC(=O)C=C)C(C)(C)C1=O)(COC(=O)C=C)COC(=O)C=C. The molecule has 1 aliphatic heterocycles. The number of esters is 5. The van der Waals surface area contributed by atoms with Crippen LogP contribution in [0.25, 0.3) is 0 Å². The van der Waals surface area contributed by atoms with Crippen LogP contribution < -0.4 is 0 Å². The number of amides is 3. The highest BCUT2D eigenvalue weighted by molar-refractivity contribution is 6.06. The minimum absolute atomic E-state index is 0.352. The van der Waals surface area contributed by atoms with Crippen molar-refractivity contribution >= 4 is 47.6 Å². The summed E-state index contributed by atoms with van der Waals surface area (Å²) in [6.45, 7) is 17.6. The van der Waals surface area contributed by atoms with Crippen molar-refractivity contribution in [3.8, 4) is 0 Å². The molecule has 0 bridgehead atoms. The Bertz CT molecular complexity index is 1500. The number of allylic oxidation sites excluding steroid dienone is 1. The van der Waals surface area contributed by atoms with E-state index in [9.17, 15) is 48.6 Å². The lowest BCUT2D eigenvalue weighted by Gasteiger charge is -2.33. The second-order valence-corrected chi connectivity index (χ2v) is 13.6. The predicted molar refractivity (Wildman–Crippen MR) is 202 cm³/mol. The molecular formula is C39H52N2O17. The molecule has 0 aromatic rings. The topological polar surface area (TPSA) is 248 Å². The first kappa shape index (κ1) is 50.3. The van der Waals surface area contributed by atoms with Gasteiger partial charge in [0.1, 0.15) is 38.6 Å². The fourth-order valence-electron chi connectivity index (χ4n) is 5.12. The Balaban J connectivity index is 3.08. The average molecular weight is 821 g/mol. The lowest BCUT2D eigenvalue weighted by molar-refractivity contribution is -0.163. The Labute approximate surface area is 336 Å². The Hall–Kier alpha value is -5.76. The van der Waals surface area contributed by atoms with Gasteiger partial charge in [0.15, 0.2) is 5.78 Å². The van der Waals surface area contributed by atoms with Gasteiger partial charge in [0.25, 0.3) is 5.91 Å². The maximum Gasteiger partial charge on any atom is 0.330 e. The number of β-amino-alcohol motifs (C(OH)–C–C–N with tert-alkyl or cyclic N) is 2. The van der Waals surface area contributed by atoms with Gasteiger partial charge in [-0.15, -0.1) is 0 Å². The number of carbonyl (C=O) groups is 8. The zero-order valence-electron chi connectivity index (χ0n) is 32.8. The summed E-state index contributed by atoms with van der Waals surface area (Å²) in [5.41, 5.74) is -4.44. The van der Waals surface area contributed by atoms with Crippen LogP contribution in [0.1, 0.15) is 20.3 Å². The van der Waals surface area contributed by atoms with Crippen molar-refractivity contribution in [1.29, 1.82) is 0 Å². The molecule has 19 heteroatoms. The highest BCUT2D eigenvalue weighted by Gasteiger charge is 2.52. The number of hydrogen-bond acceptors (Lipinski definition) is 17. The number of aliphatic hydroxyl groups excluding tert-OH is 2. The summed E-state index contributed by atoms with van der Waals surface area (Å²) in [5.74, 6) is -5.44. The Morgan fingerprint density at radius 2 is 0.931 bits per heavy atom. The summed E-state index contributed by atoms with van der Waals surface area (Å²) >= 11 is 0. The molecule has 0 spiro atoms. The molecular weight excluding hydrogens is 768 g/mol. The molecule has 58 heavy (non-hydrogen) atoms. The minimum atomic E-state index is -1.51. The zero-order valence-corrected chi connectivity index (χ0v) is 32.8. The van der Waals surface area contributed by atoms with Crippen LogP contribution in [0, 0.1) is 10.8 Å². The van der Waals surface area contributed by atoms with Gasteiger partial charge in [0.05, 0.1) is 62.6 Å². The van der Waals surface area contributed by atoms with E-state index in [2.05, 4.69) is 39.5 Å².